The van der Waals surface area contributed by atoms with Crippen LogP contribution in [0.2, 0.25) is 0 Å². The number of aliphatic hydroxyl groups is 1. The fraction of sp³-hybridized carbons (Fsp3) is 0.724. The van der Waals surface area contributed by atoms with Crippen LogP contribution in [0.25, 0.3) is 0 Å². The molecule has 0 aromatic heterocycles. The second-order valence-electron chi connectivity index (χ2n) is 12.2. The van der Waals surface area contributed by atoms with E-state index in [4.69, 9.17) is 28.4 Å². The molecule has 9 nitrogen and oxygen atoms in total. The van der Waals surface area contributed by atoms with Gasteiger partial charge < -0.3 is 33.5 Å². The van der Waals surface area contributed by atoms with Crippen molar-refractivity contribution in [1.82, 2.24) is 0 Å². The number of epoxide rings is 2. The normalized spacial score (nSPS) is 49.9. The number of hydrogen-bond donors (Lipinski definition) is 1. The van der Waals surface area contributed by atoms with Gasteiger partial charge >= 0.3 is 11.9 Å². The molecule has 2 bridgehead atoms. The Kier molecular flexibility index (Phi) is 6.20. The van der Waals surface area contributed by atoms with Gasteiger partial charge in [-0.2, -0.15) is 0 Å². The van der Waals surface area contributed by atoms with E-state index in [9.17, 15) is 14.7 Å². The average Bonchev–Trinajstić information content (AvgIpc) is 3.77. The minimum atomic E-state index is -0.754. The number of esters is 2. The Hall–Kier alpha value is -2.04. The van der Waals surface area contributed by atoms with Gasteiger partial charge in [0, 0.05) is 24.3 Å². The molecule has 2 spiro atoms. The molecular weight excluding hydrogens is 492 g/mol. The first-order valence-electron chi connectivity index (χ1n) is 13.7. The molecule has 9 heteroatoms. The zero-order valence-electron chi connectivity index (χ0n) is 22.5. The lowest BCUT2D eigenvalue weighted by Gasteiger charge is -2.58. The van der Waals surface area contributed by atoms with Crippen molar-refractivity contribution >= 4 is 11.9 Å². The second kappa shape index (κ2) is 8.99. The van der Waals surface area contributed by atoms with Crippen molar-refractivity contribution < 1.29 is 43.1 Å². The SMILES string of the molecule is CC1=CC2OC3CC4OC(=O)C=C/C=C/C(C(C)O)OCCC5(C)OC5C(=O)OCC2(CC1)C4(C)C31CO1. The molecule has 38 heavy (non-hydrogen) atoms. The predicted molar refractivity (Wildman–Crippen MR) is 134 cm³/mol. The van der Waals surface area contributed by atoms with Crippen LogP contribution < -0.4 is 0 Å². The van der Waals surface area contributed by atoms with Crippen LogP contribution in [-0.2, 0) is 38.0 Å². The molecule has 10 atom stereocenters. The van der Waals surface area contributed by atoms with Gasteiger partial charge in [-0.25, -0.2) is 9.59 Å². The van der Waals surface area contributed by atoms with Gasteiger partial charge in [-0.1, -0.05) is 36.8 Å². The second-order valence-corrected chi connectivity index (χ2v) is 12.2. The molecular formula is C29H38O9. The molecule has 2 aliphatic carbocycles. The molecule has 0 radical (unpaired) electrons. The minimum absolute atomic E-state index is 0.123. The van der Waals surface area contributed by atoms with Gasteiger partial charge in [-0.05, 0) is 33.6 Å². The number of rotatable bonds is 1. The highest BCUT2D eigenvalue weighted by Crippen LogP contribution is 2.72. The summed E-state index contributed by atoms with van der Waals surface area (Å²) in [5, 5.41) is 10.1. The summed E-state index contributed by atoms with van der Waals surface area (Å²) in [6.07, 6.45) is 8.08. The third-order valence-electron chi connectivity index (χ3n) is 10.1. The maximum atomic E-state index is 13.2. The molecule has 3 saturated heterocycles. The first-order chi connectivity index (χ1) is 18.0. The highest BCUT2D eigenvalue weighted by Gasteiger charge is 2.83. The van der Waals surface area contributed by atoms with E-state index in [1.807, 2.05) is 6.92 Å². The van der Waals surface area contributed by atoms with E-state index in [1.165, 1.54) is 11.6 Å². The van der Waals surface area contributed by atoms with Crippen LogP contribution in [0.5, 0.6) is 0 Å². The molecule has 1 saturated carbocycles. The summed E-state index contributed by atoms with van der Waals surface area (Å²) < 4.78 is 36.6. The predicted octanol–water partition coefficient (Wildman–Crippen LogP) is 2.55. The molecule has 4 fully saturated rings. The Balaban J connectivity index is 1.35. The maximum Gasteiger partial charge on any atom is 0.338 e. The largest absolute Gasteiger partial charge is 0.463 e. The lowest BCUT2D eigenvalue weighted by atomic mass is 9.51. The summed E-state index contributed by atoms with van der Waals surface area (Å²) in [7, 11) is 0. The van der Waals surface area contributed by atoms with Crippen LogP contribution in [0.1, 0.15) is 53.4 Å². The standard InChI is InChI=1S/C29H38O9/c1-17-9-10-28-15-34-25(32)24-26(3,38-24)11-12-33-19(18(2)30)7-5-6-8-23(31)37-20-14-22(36-21(28)13-17)29(16-35-29)27(20,28)4/h5-8,13,18-22,24,30H,9-12,14-16H2,1-4H3/b7-5+,8-6?. The average molecular weight is 531 g/mol. The topological polar surface area (TPSA) is 116 Å². The third-order valence-corrected chi connectivity index (χ3v) is 10.1. The van der Waals surface area contributed by atoms with E-state index < -0.39 is 58.4 Å². The zero-order valence-corrected chi connectivity index (χ0v) is 22.5. The maximum absolute atomic E-state index is 13.2. The summed E-state index contributed by atoms with van der Waals surface area (Å²) in [6, 6.07) is 0. The summed E-state index contributed by atoms with van der Waals surface area (Å²) in [5.41, 5.74) is -1.25. The van der Waals surface area contributed by atoms with Crippen LogP contribution >= 0.6 is 0 Å². The van der Waals surface area contributed by atoms with Gasteiger partial charge in [0.2, 0.25) is 0 Å². The van der Waals surface area contributed by atoms with Gasteiger partial charge in [0.25, 0.3) is 0 Å². The van der Waals surface area contributed by atoms with Crippen LogP contribution in [0, 0.1) is 10.8 Å². The van der Waals surface area contributed by atoms with Crippen molar-refractivity contribution in [2.75, 3.05) is 19.8 Å². The lowest BCUT2D eigenvalue weighted by molar-refractivity contribution is -0.233. The molecule has 0 aromatic carbocycles. The number of fused-ring (bicyclic) bond motifs is 1. The van der Waals surface area contributed by atoms with E-state index in [-0.39, 0.29) is 25.4 Å². The monoisotopic (exact) mass is 530 g/mol. The number of aliphatic hydroxyl groups excluding tert-OH is 1. The van der Waals surface area contributed by atoms with E-state index in [1.54, 1.807) is 25.2 Å². The molecule has 1 N–H and O–H groups in total. The Labute approximate surface area is 223 Å². The van der Waals surface area contributed by atoms with E-state index in [0.29, 0.717) is 19.4 Å². The zero-order chi connectivity index (χ0) is 26.9. The quantitative estimate of drug-likeness (QED) is 0.310. The smallest absolute Gasteiger partial charge is 0.338 e. The van der Waals surface area contributed by atoms with Crippen molar-refractivity contribution in [1.29, 1.82) is 0 Å². The van der Waals surface area contributed by atoms with Crippen LogP contribution in [0.4, 0.5) is 0 Å². The number of allylic oxidation sites excluding steroid dienone is 3. The fourth-order valence-corrected chi connectivity index (χ4v) is 7.37. The highest BCUT2D eigenvalue weighted by molar-refractivity contribution is 5.82. The van der Waals surface area contributed by atoms with Crippen molar-refractivity contribution in [2.45, 2.75) is 101 Å². The Morgan fingerprint density at radius 3 is 2.63 bits per heavy atom. The van der Waals surface area contributed by atoms with Crippen molar-refractivity contribution in [3.63, 3.8) is 0 Å². The number of carbonyl (C=O) groups is 2. The molecule has 0 aromatic rings. The summed E-state index contributed by atoms with van der Waals surface area (Å²) in [4.78, 5) is 26.2. The molecule has 6 aliphatic rings. The van der Waals surface area contributed by atoms with Crippen molar-refractivity contribution in [3.05, 3.63) is 36.0 Å². The Morgan fingerprint density at radius 1 is 1.11 bits per heavy atom. The highest BCUT2D eigenvalue weighted by atomic mass is 16.7. The molecule has 6 rings (SSSR count). The first-order valence-corrected chi connectivity index (χ1v) is 13.7. The minimum Gasteiger partial charge on any atom is -0.463 e. The molecule has 0 amide bonds. The number of ether oxygens (including phenoxy) is 6. The van der Waals surface area contributed by atoms with Gasteiger partial charge in [-0.3, -0.25) is 0 Å². The van der Waals surface area contributed by atoms with Crippen LogP contribution in [0.15, 0.2) is 36.0 Å². The van der Waals surface area contributed by atoms with Gasteiger partial charge in [0.1, 0.15) is 30.0 Å². The lowest BCUT2D eigenvalue weighted by Crippen LogP contribution is -2.66. The number of cyclic esters (lactones) is 1. The van der Waals surface area contributed by atoms with Gasteiger partial charge in [0.05, 0.1) is 36.9 Å². The van der Waals surface area contributed by atoms with Crippen molar-refractivity contribution in [2.24, 2.45) is 10.8 Å². The van der Waals surface area contributed by atoms with Crippen LogP contribution in [-0.4, -0.2) is 84.7 Å². The van der Waals surface area contributed by atoms with E-state index in [0.717, 1.165) is 12.8 Å². The Bertz CT molecular complexity index is 1090. The molecule has 4 aliphatic heterocycles. The van der Waals surface area contributed by atoms with E-state index in [2.05, 4.69) is 19.9 Å². The van der Waals surface area contributed by atoms with Crippen LogP contribution in [0.3, 0.4) is 0 Å². The van der Waals surface area contributed by atoms with E-state index >= 15 is 0 Å². The van der Waals surface area contributed by atoms with Crippen molar-refractivity contribution in [3.8, 4) is 0 Å². The first kappa shape index (κ1) is 26.2. The summed E-state index contributed by atoms with van der Waals surface area (Å²) in [6.45, 7) is 8.66. The fourth-order valence-electron chi connectivity index (χ4n) is 7.37. The molecule has 4 heterocycles. The molecule has 10 unspecified atom stereocenters. The number of hydrogen-bond acceptors (Lipinski definition) is 9. The summed E-state index contributed by atoms with van der Waals surface area (Å²) in [5.74, 6) is -0.876. The third kappa shape index (κ3) is 3.84. The Morgan fingerprint density at radius 2 is 1.89 bits per heavy atom. The summed E-state index contributed by atoms with van der Waals surface area (Å²) >= 11 is 0. The molecule has 208 valence electrons. The van der Waals surface area contributed by atoms with Gasteiger partial charge in [-0.15, -0.1) is 0 Å². The number of carbonyl (C=O) groups excluding carboxylic acids is 2. The van der Waals surface area contributed by atoms with Gasteiger partial charge in [0.15, 0.2) is 6.10 Å².